The summed E-state index contributed by atoms with van der Waals surface area (Å²) in [5.74, 6) is 0. The molecule has 0 spiro atoms. The number of nitrogens with two attached hydrogens (primary N) is 1. The lowest BCUT2D eigenvalue weighted by Gasteiger charge is -2.19. The van der Waals surface area contributed by atoms with Crippen LogP contribution in [-0.2, 0) is 0 Å². The number of likely N-dealkylation sites (N-methyl/N-ethyl adjacent to an activating group) is 1. The molecule has 0 amide bonds. The molecule has 1 aromatic carbocycles. The molecule has 0 heterocycles. The zero-order valence-corrected chi connectivity index (χ0v) is 11.9. The van der Waals surface area contributed by atoms with Gasteiger partial charge >= 0.3 is 0 Å². The Morgan fingerprint density at radius 1 is 1.53 bits per heavy atom. The Labute approximate surface area is 113 Å². The van der Waals surface area contributed by atoms with Gasteiger partial charge in [-0.05, 0) is 39.2 Å². The second-order valence-electron chi connectivity index (χ2n) is 4.37. The summed E-state index contributed by atoms with van der Waals surface area (Å²) in [6.07, 6.45) is 0. The first kappa shape index (κ1) is 14.2. The summed E-state index contributed by atoms with van der Waals surface area (Å²) < 4.78 is 0. The number of nitrogens with one attached hydrogen (secondary N) is 1. The second-order valence-corrected chi connectivity index (χ2v) is 5.21. The van der Waals surface area contributed by atoms with E-state index in [4.69, 9.17) is 29.6 Å². The van der Waals surface area contributed by atoms with Crippen LogP contribution in [0.4, 0.5) is 5.69 Å². The summed E-state index contributed by atoms with van der Waals surface area (Å²) in [5, 5.41) is 3.95. The summed E-state index contributed by atoms with van der Waals surface area (Å²) in [6, 6.07) is 5.97. The van der Waals surface area contributed by atoms with Crippen LogP contribution in [0.3, 0.4) is 0 Å². The first-order valence-electron chi connectivity index (χ1n) is 5.40. The standard InChI is InChI=1S/C12H18ClN3S/c1-8(7-16(2)3)15-9-4-5-10(12(14)17)11(13)6-9/h4-6,8,15H,7H2,1-3H3,(H2,14,17). The van der Waals surface area contributed by atoms with Crippen LogP contribution in [0.1, 0.15) is 12.5 Å². The smallest absolute Gasteiger partial charge is 0.105 e. The predicted octanol–water partition coefficient (Wildman–Crippen LogP) is 2.34. The van der Waals surface area contributed by atoms with Crippen LogP contribution < -0.4 is 11.1 Å². The van der Waals surface area contributed by atoms with Gasteiger partial charge in [-0.3, -0.25) is 0 Å². The Hall–Kier alpha value is -0.840. The highest BCUT2D eigenvalue weighted by Gasteiger charge is 2.07. The van der Waals surface area contributed by atoms with Gasteiger partial charge in [0.15, 0.2) is 0 Å². The van der Waals surface area contributed by atoms with Gasteiger partial charge in [0.05, 0.1) is 5.02 Å². The van der Waals surface area contributed by atoms with Gasteiger partial charge in [0.2, 0.25) is 0 Å². The van der Waals surface area contributed by atoms with Gasteiger partial charge in [0.1, 0.15) is 4.99 Å². The van der Waals surface area contributed by atoms with Gasteiger partial charge in [0, 0.05) is 23.8 Å². The molecule has 0 aliphatic rings. The van der Waals surface area contributed by atoms with E-state index in [-0.39, 0.29) is 0 Å². The number of rotatable bonds is 5. The number of benzene rings is 1. The van der Waals surface area contributed by atoms with Crippen molar-refractivity contribution in [1.82, 2.24) is 4.90 Å². The molecule has 5 heteroatoms. The van der Waals surface area contributed by atoms with Crippen molar-refractivity contribution in [2.75, 3.05) is 26.0 Å². The molecule has 3 N–H and O–H groups in total. The zero-order chi connectivity index (χ0) is 13.0. The highest BCUT2D eigenvalue weighted by Crippen LogP contribution is 2.21. The Morgan fingerprint density at radius 3 is 2.65 bits per heavy atom. The number of hydrogen-bond donors (Lipinski definition) is 2. The van der Waals surface area contributed by atoms with Crippen LogP contribution in [0.25, 0.3) is 0 Å². The van der Waals surface area contributed by atoms with Gasteiger partial charge in [-0.1, -0.05) is 23.8 Å². The van der Waals surface area contributed by atoms with E-state index in [0.717, 1.165) is 12.2 Å². The van der Waals surface area contributed by atoms with Crippen LogP contribution >= 0.6 is 23.8 Å². The quantitative estimate of drug-likeness (QED) is 0.807. The number of thiocarbonyl (C=S) groups is 1. The summed E-state index contributed by atoms with van der Waals surface area (Å²) in [5.41, 5.74) is 7.24. The molecule has 0 bridgehead atoms. The number of nitrogens with zero attached hydrogens (tertiary/aromatic N) is 1. The normalized spacial score (nSPS) is 12.5. The topological polar surface area (TPSA) is 41.3 Å². The monoisotopic (exact) mass is 271 g/mol. The molecule has 0 aliphatic heterocycles. The number of anilines is 1. The molecular weight excluding hydrogens is 254 g/mol. The minimum absolute atomic E-state index is 0.322. The van der Waals surface area contributed by atoms with Crippen molar-refractivity contribution in [2.45, 2.75) is 13.0 Å². The lowest BCUT2D eigenvalue weighted by atomic mass is 10.2. The van der Waals surface area contributed by atoms with Gasteiger partial charge in [-0.15, -0.1) is 0 Å². The molecule has 17 heavy (non-hydrogen) atoms. The average Bonchev–Trinajstić information content (AvgIpc) is 2.15. The van der Waals surface area contributed by atoms with Crippen molar-refractivity contribution < 1.29 is 0 Å². The largest absolute Gasteiger partial charge is 0.389 e. The fourth-order valence-electron chi connectivity index (χ4n) is 1.68. The Bertz CT molecular complexity index is 407. The summed E-state index contributed by atoms with van der Waals surface area (Å²) in [4.78, 5) is 2.45. The minimum Gasteiger partial charge on any atom is -0.389 e. The molecule has 0 aliphatic carbocycles. The van der Waals surface area contributed by atoms with E-state index in [0.29, 0.717) is 21.6 Å². The average molecular weight is 272 g/mol. The first-order valence-corrected chi connectivity index (χ1v) is 6.19. The molecule has 1 unspecified atom stereocenters. The van der Waals surface area contributed by atoms with E-state index in [1.807, 2.05) is 32.3 Å². The van der Waals surface area contributed by atoms with Crippen molar-refractivity contribution in [3.05, 3.63) is 28.8 Å². The summed E-state index contributed by atoms with van der Waals surface area (Å²) >= 11 is 11.0. The number of halogens is 1. The molecule has 0 saturated carbocycles. The van der Waals surface area contributed by atoms with Gasteiger partial charge < -0.3 is 16.0 Å². The van der Waals surface area contributed by atoms with E-state index in [9.17, 15) is 0 Å². The van der Waals surface area contributed by atoms with Crippen molar-refractivity contribution in [3.63, 3.8) is 0 Å². The van der Waals surface area contributed by atoms with Gasteiger partial charge in [-0.25, -0.2) is 0 Å². The maximum Gasteiger partial charge on any atom is 0.105 e. The third-order valence-corrected chi connectivity index (χ3v) is 2.82. The Kier molecular flexibility index (Phi) is 5.18. The van der Waals surface area contributed by atoms with Crippen LogP contribution in [-0.4, -0.2) is 36.6 Å². The molecule has 94 valence electrons. The molecule has 1 aromatic rings. The Balaban J connectivity index is 2.74. The molecule has 0 fully saturated rings. The minimum atomic E-state index is 0.322. The number of hydrogen-bond acceptors (Lipinski definition) is 3. The predicted molar refractivity (Wildman–Crippen MR) is 79.0 cm³/mol. The summed E-state index contributed by atoms with van der Waals surface area (Å²) in [6.45, 7) is 3.07. The van der Waals surface area contributed by atoms with Gasteiger partial charge in [-0.2, -0.15) is 0 Å². The van der Waals surface area contributed by atoms with Crippen molar-refractivity contribution in [3.8, 4) is 0 Å². The third-order valence-electron chi connectivity index (χ3n) is 2.29. The maximum atomic E-state index is 6.10. The highest BCUT2D eigenvalue weighted by molar-refractivity contribution is 7.80. The first-order chi connectivity index (χ1) is 7.90. The molecule has 3 nitrogen and oxygen atoms in total. The maximum absolute atomic E-state index is 6.10. The van der Waals surface area contributed by atoms with E-state index in [2.05, 4.69) is 17.1 Å². The molecule has 1 atom stereocenters. The second kappa shape index (κ2) is 6.19. The Morgan fingerprint density at radius 2 is 2.18 bits per heavy atom. The third kappa shape index (κ3) is 4.50. The fourth-order valence-corrected chi connectivity index (χ4v) is 2.20. The fraction of sp³-hybridized carbons (Fsp3) is 0.417. The van der Waals surface area contributed by atoms with Crippen molar-refractivity contribution >= 4 is 34.5 Å². The molecule has 0 aromatic heterocycles. The lowest BCUT2D eigenvalue weighted by Crippen LogP contribution is -2.29. The van der Waals surface area contributed by atoms with E-state index >= 15 is 0 Å². The van der Waals surface area contributed by atoms with E-state index in [1.54, 1.807) is 0 Å². The van der Waals surface area contributed by atoms with Crippen LogP contribution in [0, 0.1) is 0 Å². The van der Waals surface area contributed by atoms with Crippen molar-refractivity contribution in [2.24, 2.45) is 5.73 Å². The van der Waals surface area contributed by atoms with Crippen LogP contribution in [0.15, 0.2) is 18.2 Å². The highest BCUT2D eigenvalue weighted by atomic mass is 35.5. The lowest BCUT2D eigenvalue weighted by molar-refractivity contribution is 0.392. The van der Waals surface area contributed by atoms with E-state index < -0.39 is 0 Å². The van der Waals surface area contributed by atoms with E-state index in [1.165, 1.54) is 0 Å². The van der Waals surface area contributed by atoms with Gasteiger partial charge in [0.25, 0.3) is 0 Å². The van der Waals surface area contributed by atoms with Crippen LogP contribution in [0.5, 0.6) is 0 Å². The van der Waals surface area contributed by atoms with Crippen LogP contribution in [0.2, 0.25) is 5.02 Å². The zero-order valence-electron chi connectivity index (χ0n) is 10.3. The summed E-state index contributed by atoms with van der Waals surface area (Å²) in [7, 11) is 4.09. The SMILES string of the molecule is CC(CN(C)C)Nc1ccc(C(N)=S)c(Cl)c1. The molecular formula is C12H18ClN3S. The van der Waals surface area contributed by atoms with Crippen molar-refractivity contribution in [1.29, 1.82) is 0 Å². The molecule has 1 rings (SSSR count). The molecule has 0 radical (unpaired) electrons. The molecule has 0 saturated heterocycles.